The van der Waals surface area contributed by atoms with E-state index in [4.69, 9.17) is 0 Å². The molecule has 9 aromatic carbocycles. The summed E-state index contributed by atoms with van der Waals surface area (Å²) in [6.45, 7) is 0. The lowest BCUT2D eigenvalue weighted by Gasteiger charge is -2.13. The molecule has 0 radical (unpaired) electrons. The first-order chi connectivity index (χ1) is 28.3. The van der Waals surface area contributed by atoms with E-state index in [0.717, 1.165) is 0 Å². The number of benzene rings is 9. The minimum absolute atomic E-state index is 1.17. The number of nitrogens with zero attached hydrogens (tertiary/aromatic N) is 2. The van der Waals surface area contributed by atoms with E-state index in [1.54, 1.807) is 0 Å². The molecule has 2 nitrogen and oxygen atoms in total. The van der Waals surface area contributed by atoms with E-state index >= 15 is 0 Å². The first-order valence-corrected chi connectivity index (χ1v) is 20.3. The van der Waals surface area contributed by atoms with Crippen molar-refractivity contribution in [3.05, 3.63) is 206 Å². The quantitative estimate of drug-likeness (QED) is 0.166. The standard InChI is InChI=1S/C54H34N2S/c1-3-14-35(15-4-1)36-26-28-37(29-27-36)45-33-40(34-47-43-19-9-12-25-52(43)57-54(45)47)56-48-22-10-7-18-42(48)46-32-38(30-31-50(46)56)41-21-13-24-51-53(41)44-20-8-11-23-49(44)55(51)39-16-5-2-6-17-39/h1-34H. The molecule has 0 fully saturated rings. The van der Waals surface area contributed by atoms with E-state index in [1.807, 2.05) is 11.3 Å². The molecule has 0 saturated carbocycles. The third-order valence-electron chi connectivity index (χ3n) is 11.7. The fraction of sp³-hybridized carbons (Fsp3) is 0. The van der Waals surface area contributed by atoms with Crippen LogP contribution in [0.4, 0.5) is 0 Å². The minimum Gasteiger partial charge on any atom is -0.309 e. The third kappa shape index (κ3) is 4.96. The van der Waals surface area contributed by atoms with Crippen LogP contribution in [0.15, 0.2) is 206 Å². The van der Waals surface area contributed by atoms with Gasteiger partial charge < -0.3 is 9.13 Å². The van der Waals surface area contributed by atoms with E-state index in [2.05, 4.69) is 215 Å². The molecule has 0 N–H and O–H groups in total. The molecule has 0 bridgehead atoms. The number of hydrogen-bond donors (Lipinski definition) is 0. The summed E-state index contributed by atoms with van der Waals surface area (Å²) in [6.07, 6.45) is 0. The maximum absolute atomic E-state index is 2.48. The van der Waals surface area contributed by atoms with Crippen molar-refractivity contribution >= 4 is 75.1 Å². The maximum Gasteiger partial charge on any atom is 0.0547 e. The number of thiophene rings is 1. The van der Waals surface area contributed by atoms with E-state index in [9.17, 15) is 0 Å². The van der Waals surface area contributed by atoms with Crippen molar-refractivity contribution in [1.82, 2.24) is 9.13 Å². The van der Waals surface area contributed by atoms with Gasteiger partial charge in [-0.15, -0.1) is 11.3 Å². The molecule has 0 unspecified atom stereocenters. The molecule has 12 rings (SSSR count). The van der Waals surface area contributed by atoms with Crippen LogP contribution in [0, 0.1) is 0 Å². The van der Waals surface area contributed by atoms with Crippen molar-refractivity contribution in [2.24, 2.45) is 0 Å². The van der Waals surface area contributed by atoms with Crippen LogP contribution in [0.1, 0.15) is 0 Å². The van der Waals surface area contributed by atoms with Gasteiger partial charge >= 0.3 is 0 Å². The van der Waals surface area contributed by atoms with Gasteiger partial charge in [0, 0.05) is 58.7 Å². The van der Waals surface area contributed by atoms with Crippen LogP contribution in [0.25, 0.3) is 109 Å². The zero-order valence-electron chi connectivity index (χ0n) is 30.9. The van der Waals surface area contributed by atoms with Crippen molar-refractivity contribution < 1.29 is 0 Å². The summed E-state index contributed by atoms with van der Waals surface area (Å²) in [5.74, 6) is 0. The highest BCUT2D eigenvalue weighted by atomic mass is 32.1. The molecule has 0 aliphatic carbocycles. The van der Waals surface area contributed by atoms with Gasteiger partial charge in [-0.2, -0.15) is 0 Å². The average Bonchev–Trinajstić information content (AvgIpc) is 3.94. The van der Waals surface area contributed by atoms with Crippen molar-refractivity contribution in [1.29, 1.82) is 0 Å². The van der Waals surface area contributed by atoms with Crippen LogP contribution in [0.2, 0.25) is 0 Å². The van der Waals surface area contributed by atoms with Crippen LogP contribution in [-0.2, 0) is 0 Å². The normalized spacial score (nSPS) is 11.9. The zero-order valence-corrected chi connectivity index (χ0v) is 31.7. The summed E-state index contributed by atoms with van der Waals surface area (Å²) < 4.78 is 7.50. The fourth-order valence-corrected chi connectivity index (χ4v) is 10.4. The summed E-state index contributed by atoms with van der Waals surface area (Å²) in [5, 5.41) is 7.62. The Bertz CT molecular complexity index is 3490. The van der Waals surface area contributed by atoms with E-state index < -0.39 is 0 Å². The molecule has 266 valence electrons. The van der Waals surface area contributed by atoms with Gasteiger partial charge in [-0.3, -0.25) is 0 Å². The zero-order chi connectivity index (χ0) is 37.5. The highest BCUT2D eigenvalue weighted by Crippen LogP contribution is 2.45. The lowest BCUT2D eigenvalue weighted by Crippen LogP contribution is -1.95. The van der Waals surface area contributed by atoms with E-state index in [-0.39, 0.29) is 0 Å². The summed E-state index contributed by atoms with van der Waals surface area (Å²) >= 11 is 1.89. The SMILES string of the molecule is c1ccc(-c2ccc(-c3cc(-n4c5ccccc5c5cc(-c6cccc7c6c6ccccc6n7-c6ccccc6)ccc54)cc4c3sc3ccccc34)cc2)cc1. The average molecular weight is 743 g/mol. The number of rotatable bonds is 5. The first-order valence-electron chi connectivity index (χ1n) is 19.5. The highest BCUT2D eigenvalue weighted by Gasteiger charge is 2.20. The second kappa shape index (κ2) is 12.7. The maximum atomic E-state index is 2.48. The Morgan fingerprint density at radius 3 is 1.68 bits per heavy atom. The Balaban J connectivity index is 1.08. The number of fused-ring (bicyclic) bond motifs is 9. The van der Waals surface area contributed by atoms with Gasteiger partial charge in [-0.05, 0) is 88.5 Å². The summed E-state index contributed by atoms with van der Waals surface area (Å²) in [6, 6.07) is 75.6. The Labute approximate surface area is 333 Å². The monoisotopic (exact) mass is 742 g/mol. The predicted molar refractivity (Wildman–Crippen MR) is 244 cm³/mol. The van der Waals surface area contributed by atoms with Crippen molar-refractivity contribution in [2.45, 2.75) is 0 Å². The van der Waals surface area contributed by atoms with Crippen LogP contribution >= 0.6 is 11.3 Å². The molecule has 3 heteroatoms. The largest absolute Gasteiger partial charge is 0.309 e. The molecular formula is C54H34N2S. The molecule has 3 heterocycles. The van der Waals surface area contributed by atoms with Crippen LogP contribution in [0.3, 0.4) is 0 Å². The number of para-hydroxylation sites is 3. The minimum atomic E-state index is 1.17. The Kier molecular flexibility index (Phi) is 7.13. The Morgan fingerprint density at radius 2 is 0.877 bits per heavy atom. The summed E-state index contributed by atoms with van der Waals surface area (Å²) in [7, 11) is 0. The predicted octanol–water partition coefficient (Wildman–Crippen LogP) is 15.2. The van der Waals surface area contributed by atoms with Gasteiger partial charge in [-0.1, -0.05) is 146 Å². The molecule has 12 aromatic rings. The molecule has 0 atom stereocenters. The van der Waals surface area contributed by atoms with Gasteiger partial charge in [0.15, 0.2) is 0 Å². The van der Waals surface area contributed by atoms with Gasteiger partial charge in [-0.25, -0.2) is 0 Å². The second-order valence-electron chi connectivity index (χ2n) is 14.9. The van der Waals surface area contributed by atoms with Crippen LogP contribution < -0.4 is 0 Å². The van der Waals surface area contributed by atoms with Crippen molar-refractivity contribution in [2.75, 3.05) is 0 Å². The molecule has 0 aliphatic rings. The third-order valence-corrected chi connectivity index (χ3v) is 12.9. The summed E-state index contributed by atoms with van der Waals surface area (Å²) in [5.41, 5.74) is 14.5. The lowest BCUT2D eigenvalue weighted by atomic mass is 9.97. The lowest BCUT2D eigenvalue weighted by molar-refractivity contribution is 1.18. The van der Waals surface area contributed by atoms with Gasteiger partial charge in [0.1, 0.15) is 0 Å². The number of hydrogen-bond acceptors (Lipinski definition) is 1. The first kappa shape index (κ1) is 32.1. The number of aromatic nitrogens is 2. The smallest absolute Gasteiger partial charge is 0.0547 e. The Hall–Kier alpha value is -7.20. The molecule has 0 saturated heterocycles. The molecular weight excluding hydrogens is 709 g/mol. The molecule has 0 aliphatic heterocycles. The van der Waals surface area contributed by atoms with E-state index in [0.29, 0.717) is 0 Å². The highest BCUT2D eigenvalue weighted by molar-refractivity contribution is 7.26. The second-order valence-corrected chi connectivity index (χ2v) is 15.9. The molecule has 0 amide bonds. The topological polar surface area (TPSA) is 9.86 Å². The molecule has 0 spiro atoms. The van der Waals surface area contributed by atoms with Crippen LogP contribution in [-0.4, -0.2) is 9.13 Å². The van der Waals surface area contributed by atoms with E-state index in [1.165, 1.54) is 109 Å². The van der Waals surface area contributed by atoms with Gasteiger partial charge in [0.2, 0.25) is 0 Å². The van der Waals surface area contributed by atoms with Gasteiger partial charge in [0.05, 0.1) is 22.1 Å². The van der Waals surface area contributed by atoms with Crippen molar-refractivity contribution in [3.63, 3.8) is 0 Å². The molecule has 3 aromatic heterocycles. The van der Waals surface area contributed by atoms with Crippen molar-refractivity contribution in [3.8, 4) is 44.8 Å². The van der Waals surface area contributed by atoms with Gasteiger partial charge in [0.25, 0.3) is 0 Å². The summed E-state index contributed by atoms with van der Waals surface area (Å²) in [4.78, 5) is 0. The van der Waals surface area contributed by atoms with Crippen LogP contribution in [0.5, 0.6) is 0 Å². The molecule has 57 heavy (non-hydrogen) atoms. The fourth-order valence-electron chi connectivity index (χ4n) is 9.16. The Morgan fingerprint density at radius 1 is 0.298 bits per heavy atom.